The Morgan fingerprint density at radius 3 is 2.32 bits per heavy atom. The fourth-order valence-electron chi connectivity index (χ4n) is 5.74. The molecule has 0 radical (unpaired) electrons. The number of unbranched alkanes of at least 4 members (excludes halogenated alkanes) is 1. The van der Waals surface area contributed by atoms with Crippen LogP contribution in [0.15, 0.2) is 76.5 Å². The fraction of sp³-hybridized carbons (Fsp3) is 0.406. The standard InChI is InChI=1S/C32H42N2O7S3/c1-5-7-17-32(6-2)23-33(26-11-9-8-10-12-26)28-19-29(43(4,37)38)25(21-42-22-31(35)36)18-30(28)44(39,40)34(32)20-24-13-15-27(41-3)16-14-24/h8-16,18-19,39-40H,5-7,17,20-23H2,1-4H3,(H,35,36). The summed E-state index contributed by atoms with van der Waals surface area (Å²) in [6.07, 6.45) is 4.18. The number of para-hydroxylation sites is 1. The van der Waals surface area contributed by atoms with Crippen LogP contribution >= 0.6 is 22.5 Å². The van der Waals surface area contributed by atoms with Crippen molar-refractivity contribution in [2.75, 3.05) is 30.6 Å². The minimum Gasteiger partial charge on any atom is -0.497 e. The first-order chi connectivity index (χ1) is 20.9. The second-order valence-corrected chi connectivity index (χ2v) is 16.0. The maximum absolute atomic E-state index is 13.1. The third-order valence-electron chi connectivity index (χ3n) is 8.11. The van der Waals surface area contributed by atoms with Crippen molar-refractivity contribution < 1.29 is 32.2 Å². The third-order valence-corrected chi connectivity index (χ3v) is 12.3. The molecule has 4 rings (SSSR count). The molecule has 0 saturated carbocycles. The van der Waals surface area contributed by atoms with Gasteiger partial charge in [-0.15, -0.1) is 22.5 Å². The first-order valence-corrected chi connectivity index (χ1v) is 19.1. The topological polar surface area (TPSA) is 128 Å². The largest absolute Gasteiger partial charge is 0.497 e. The average Bonchev–Trinajstić information content (AvgIpc) is 3.07. The minimum absolute atomic E-state index is 0.0459. The Morgan fingerprint density at radius 2 is 1.75 bits per heavy atom. The minimum atomic E-state index is -3.76. The Morgan fingerprint density at radius 1 is 1.07 bits per heavy atom. The number of sulfone groups is 1. The van der Waals surface area contributed by atoms with E-state index in [1.165, 1.54) is 0 Å². The molecule has 3 aromatic rings. The van der Waals surface area contributed by atoms with E-state index in [-0.39, 0.29) is 27.8 Å². The molecule has 1 aliphatic heterocycles. The Bertz CT molecular complexity index is 1550. The molecule has 1 unspecified atom stereocenters. The number of thioether (sulfide) groups is 1. The number of fused-ring (bicyclic) bond motifs is 1. The van der Waals surface area contributed by atoms with Crippen LogP contribution in [0.5, 0.6) is 5.75 Å². The number of rotatable bonds is 13. The van der Waals surface area contributed by atoms with E-state index in [9.17, 15) is 27.4 Å². The number of hydrogen-bond acceptors (Lipinski definition) is 9. The molecule has 1 atom stereocenters. The number of carboxylic acid groups (broad SMARTS) is 1. The van der Waals surface area contributed by atoms with Gasteiger partial charge in [-0.1, -0.05) is 57.0 Å². The van der Waals surface area contributed by atoms with Gasteiger partial charge in [0.25, 0.3) is 0 Å². The zero-order valence-electron chi connectivity index (χ0n) is 25.6. The molecule has 0 aromatic heterocycles. The van der Waals surface area contributed by atoms with Crippen LogP contribution in [0.4, 0.5) is 11.4 Å². The van der Waals surface area contributed by atoms with Gasteiger partial charge in [-0.05, 0) is 60.4 Å². The Labute approximate surface area is 266 Å². The molecule has 44 heavy (non-hydrogen) atoms. The fourth-order valence-corrected chi connectivity index (χ4v) is 9.64. The summed E-state index contributed by atoms with van der Waals surface area (Å²) in [7, 11) is -5.87. The molecule has 240 valence electrons. The zero-order valence-corrected chi connectivity index (χ0v) is 28.1. The van der Waals surface area contributed by atoms with E-state index in [1.807, 2.05) is 63.8 Å². The number of anilines is 2. The summed E-state index contributed by atoms with van der Waals surface area (Å²) in [5.74, 6) is -0.455. The van der Waals surface area contributed by atoms with Gasteiger partial charge in [-0.2, -0.15) is 4.31 Å². The number of methoxy groups -OCH3 is 1. The predicted molar refractivity (Wildman–Crippen MR) is 179 cm³/mol. The highest BCUT2D eigenvalue weighted by Crippen LogP contribution is 2.63. The second-order valence-electron chi connectivity index (χ2n) is 11.1. The van der Waals surface area contributed by atoms with Gasteiger partial charge in [0.2, 0.25) is 0 Å². The first-order valence-electron chi connectivity index (χ1n) is 14.5. The SMILES string of the molecule is CCCCC1(CC)CN(c2ccccc2)c2cc(S(C)(=O)=O)c(CSCC(=O)O)cc2S(O)(O)N1Cc1ccc(OC)cc1. The van der Waals surface area contributed by atoms with Gasteiger partial charge < -0.3 is 14.7 Å². The summed E-state index contributed by atoms with van der Waals surface area (Å²) in [6.45, 7) is 4.79. The van der Waals surface area contributed by atoms with E-state index >= 15 is 0 Å². The number of benzene rings is 3. The molecular formula is C32H42N2O7S3. The molecule has 9 nitrogen and oxygen atoms in total. The predicted octanol–water partition coefficient (Wildman–Crippen LogP) is 7.43. The van der Waals surface area contributed by atoms with Crippen LogP contribution in [0, 0.1) is 0 Å². The summed E-state index contributed by atoms with van der Waals surface area (Å²) in [6, 6.07) is 20.2. The van der Waals surface area contributed by atoms with Gasteiger partial charge in [0, 0.05) is 30.8 Å². The molecule has 0 spiro atoms. The van der Waals surface area contributed by atoms with Crippen LogP contribution < -0.4 is 9.64 Å². The van der Waals surface area contributed by atoms with Gasteiger partial charge in [0.1, 0.15) is 5.75 Å². The molecule has 0 amide bonds. The van der Waals surface area contributed by atoms with Gasteiger partial charge in [0.05, 0.1) is 33.9 Å². The summed E-state index contributed by atoms with van der Waals surface area (Å²) in [5, 5.41) is 9.22. The van der Waals surface area contributed by atoms with E-state index in [0.717, 1.165) is 42.1 Å². The lowest BCUT2D eigenvalue weighted by atomic mass is 9.88. The van der Waals surface area contributed by atoms with Crippen LogP contribution in [0.1, 0.15) is 50.7 Å². The highest BCUT2D eigenvalue weighted by atomic mass is 32.3. The van der Waals surface area contributed by atoms with Crippen LogP contribution in [0.3, 0.4) is 0 Å². The van der Waals surface area contributed by atoms with Gasteiger partial charge >= 0.3 is 5.97 Å². The van der Waals surface area contributed by atoms with E-state index in [1.54, 1.807) is 19.2 Å². The van der Waals surface area contributed by atoms with Crippen molar-refractivity contribution in [2.45, 2.75) is 67.2 Å². The van der Waals surface area contributed by atoms with Crippen LogP contribution in [0.25, 0.3) is 0 Å². The third kappa shape index (κ3) is 7.38. The molecule has 3 N–H and O–H groups in total. The Hall–Kier alpha value is -2.74. The summed E-state index contributed by atoms with van der Waals surface area (Å²) in [5.41, 5.74) is 1.73. The lowest BCUT2D eigenvalue weighted by Gasteiger charge is -2.52. The van der Waals surface area contributed by atoms with Crippen molar-refractivity contribution in [1.29, 1.82) is 0 Å². The summed E-state index contributed by atoms with van der Waals surface area (Å²) < 4.78 is 58.3. The quantitative estimate of drug-likeness (QED) is 0.170. The molecule has 12 heteroatoms. The second kappa shape index (κ2) is 14.1. The lowest BCUT2D eigenvalue weighted by molar-refractivity contribution is -0.133. The van der Waals surface area contributed by atoms with Gasteiger partial charge in [-0.25, -0.2) is 8.42 Å². The molecule has 3 aromatic carbocycles. The number of aliphatic carboxylic acids is 1. The number of hydrogen-bond donors (Lipinski definition) is 3. The van der Waals surface area contributed by atoms with Crippen molar-refractivity contribution >= 4 is 49.7 Å². The van der Waals surface area contributed by atoms with Crippen molar-refractivity contribution in [3.8, 4) is 5.75 Å². The first kappa shape index (κ1) is 34.1. The van der Waals surface area contributed by atoms with Crippen molar-refractivity contribution in [1.82, 2.24) is 4.31 Å². The maximum Gasteiger partial charge on any atom is 0.313 e. The summed E-state index contributed by atoms with van der Waals surface area (Å²) in [4.78, 5) is 13.5. The van der Waals surface area contributed by atoms with E-state index in [4.69, 9.17) is 4.74 Å². The van der Waals surface area contributed by atoms with Crippen molar-refractivity contribution in [3.63, 3.8) is 0 Å². The van der Waals surface area contributed by atoms with Crippen molar-refractivity contribution in [2.24, 2.45) is 0 Å². The smallest absolute Gasteiger partial charge is 0.313 e. The highest BCUT2D eigenvalue weighted by Gasteiger charge is 2.48. The monoisotopic (exact) mass is 662 g/mol. The zero-order chi connectivity index (χ0) is 32.1. The normalized spacial score (nSPS) is 19.2. The Balaban J connectivity index is 2.01. The summed E-state index contributed by atoms with van der Waals surface area (Å²) >= 11 is 1.06. The number of ether oxygens (including phenoxy) is 1. The molecule has 1 heterocycles. The van der Waals surface area contributed by atoms with Gasteiger partial charge in [-0.3, -0.25) is 13.9 Å². The maximum atomic E-state index is 13.1. The van der Waals surface area contributed by atoms with Gasteiger partial charge in [0.15, 0.2) is 9.84 Å². The molecular weight excluding hydrogens is 621 g/mol. The number of carboxylic acids is 1. The van der Waals surface area contributed by atoms with Crippen molar-refractivity contribution in [3.05, 3.63) is 77.9 Å². The number of carbonyl (C=O) groups is 1. The van der Waals surface area contributed by atoms with Crippen LogP contribution in [-0.4, -0.2) is 64.1 Å². The number of nitrogens with zero attached hydrogens (tertiary/aromatic N) is 2. The van der Waals surface area contributed by atoms with Crippen LogP contribution in [-0.2, 0) is 26.9 Å². The van der Waals surface area contributed by atoms with E-state index in [0.29, 0.717) is 36.4 Å². The highest BCUT2D eigenvalue weighted by molar-refractivity contribution is 8.22. The Kier molecular flexibility index (Phi) is 11.0. The average molecular weight is 663 g/mol. The van der Waals surface area contributed by atoms with E-state index in [2.05, 4.69) is 13.8 Å². The molecule has 0 aliphatic carbocycles. The molecule has 0 bridgehead atoms. The van der Waals surface area contributed by atoms with Crippen LogP contribution in [0.2, 0.25) is 0 Å². The molecule has 0 fully saturated rings. The molecule has 1 aliphatic rings. The van der Waals surface area contributed by atoms with E-state index < -0.39 is 32.1 Å². The lowest BCUT2D eigenvalue weighted by Crippen LogP contribution is -2.53. The molecule has 0 saturated heterocycles.